The number of rotatable bonds is 9. The molecule has 10 heteroatoms. The minimum absolute atomic E-state index is 0.403. The maximum Gasteiger partial charge on any atom is 0.331 e. The largest absolute Gasteiger partial charge is 0.497 e. The molecule has 0 N–H and O–H groups in total. The summed E-state index contributed by atoms with van der Waals surface area (Å²) in [6.07, 6.45) is 3.84. The third-order valence-electron chi connectivity index (χ3n) is 6.65. The lowest BCUT2D eigenvalue weighted by atomic mass is 9.88. The Hall–Kier alpha value is -4.05. The van der Waals surface area contributed by atoms with Crippen LogP contribution in [-0.2, 0) is 26.4 Å². The van der Waals surface area contributed by atoms with E-state index in [9.17, 15) is 4.79 Å². The number of esters is 1. The molecule has 2 aliphatic rings. The molecule has 0 unspecified atom stereocenters. The van der Waals surface area contributed by atoms with E-state index in [-0.39, 0.29) is 0 Å². The minimum atomic E-state index is -0.508. The van der Waals surface area contributed by atoms with Crippen molar-refractivity contribution in [3.63, 3.8) is 0 Å². The van der Waals surface area contributed by atoms with E-state index < -0.39 is 17.7 Å². The van der Waals surface area contributed by atoms with Crippen molar-refractivity contribution >= 4 is 12.0 Å². The van der Waals surface area contributed by atoms with E-state index in [0.29, 0.717) is 48.1 Å². The summed E-state index contributed by atoms with van der Waals surface area (Å²) in [5, 5.41) is 8.78. The van der Waals surface area contributed by atoms with Crippen molar-refractivity contribution in [2.24, 2.45) is 0 Å². The van der Waals surface area contributed by atoms with Gasteiger partial charge >= 0.3 is 5.97 Å². The predicted octanol–water partition coefficient (Wildman–Crippen LogP) is 3.68. The zero-order valence-corrected chi connectivity index (χ0v) is 21.2. The SMILES string of the molecule is COc1ccc(Cn2nnc3c2[C@@]2(CC[C@H]3OC(=O)/C=C/c3cc(OC)c(OC)c(OC)c3)CO2)cc1. The van der Waals surface area contributed by atoms with E-state index >= 15 is 0 Å². The maximum atomic E-state index is 12.8. The lowest BCUT2D eigenvalue weighted by Crippen LogP contribution is -2.26. The molecule has 2 atom stereocenters. The van der Waals surface area contributed by atoms with Crippen LogP contribution in [0.1, 0.15) is 41.5 Å². The van der Waals surface area contributed by atoms with E-state index in [1.807, 2.05) is 28.9 Å². The summed E-state index contributed by atoms with van der Waals surface area (Å²) in [6.45, 7) is 1.14. The molecule has 0 amide bonds. The van der Waals surface area contributed by atoms with Crippen molar-refractivity contribution in [3.8, 4) is 23.0 Å². The van der Waals surface area contributed by atoms with Gasteiger partial charge in [-0.3, -0.25) is 0 Å². The lowest BCUT2D eigenvalue weighted by Gasteiger charge is -2.26. The summed E-state index contributed by atoms with van der Waals surface area (Å²) in [4.78, 5) is 12.8. The third kappa shape index (κ3) is 4.84. The molecule has 2 heterocycles. The smallest absolute Gasteiger partial charge is 0.331 e. The second kappa shape index (κ2) is 10.1. The van der Waals surface area contributed by atoms with Gasteiger partial charge in [-0.25, -0.2) is 9.48 Å². The summed E-state index contributed by atoms with van der Waals surface area (Å²) in [5.74, 6) is 1.78. The molecule has 10 nitrogen and oxygen atoms in total. The van der Waals surface area contributed by atoms with Crippen LogP contribution in [-0.4, -0.2) is 56.0 Å². The highest BCUT2D eigenvalue weighted by Gasteiger charge is 2.55. The molecule has 1 aromatic heterocycles. The first kappa shape index (κ1) is 24.6. The van der Waals surface area contributed by atoms with Gasteiger partial charge in [-0.1, -0.05) is 17.3 Å². The monoisotopic (exact) mass is 507 g/mol. The first-order chi connectivity index (χ1) is 18.0. The second-order valence-corrected chi connectivity index (χ2v) is 8.87. The molecule has 1 spiro atoms. The van der Waals surface area contributed by atoms with Gasteiger partial charge < -0.3 is 28.4 Å². The Bertz CT molecular complexity index is 1290. The van der Waals surface area contributed by atoms with Crippen molar-refractivity contribution in [1.82, 2.24) is 15.0 Å². The van der Waals surface area contributed by atoms with Crippen LogP contribution in [0.5, 0.6) is 23.0 Å². The van der Waals surface area contributed by atoms with Gasteiger partial charge in [-0.2, -0.15) is 0 Å². The number of benzene rings is 2. The maximum absolute atomic E-state index is 12.8. The Kier molecular flexibility index (Phi) is 6.75. The number of ether oxygens (including phenoxy) is 6. The van der Waals surface area contributed by atoms with Gasteiger partial charge in [0, 0.05) is 6.08 Å². The highest BCUT2D eigenvalue weighted by molar-refractivity contribution is 5.87. The number of methoxy groups -OCH3 is 4. The minimum Gasteiger partial charge on any atom is -0.497 e. The highest BCUT2D eigenvalue weighted by Crippen LogP contribution is 2.51. The highest BCUT2D eigenvalue weighted by atomic mass is 16.6. The molecule has 0 saturated carbocycles. The van der Waals surface area contributed by atoms with Gasteiger partial charge in [0.05, 0.1) is 41.6 Å². The third-order valence-corrected chi connectivity index (χ3v) is 6.65. The van der Waals surface area contributed by atoms with E-state index in [1.54, 1.807) is 25.3 Å². The van der Waals surface area contributed by atoms with Crippen LogP contribution in [0.3, 0.4) is 0 Å². The number of epoxide rings is 1. The topological polar surface area (TPSA) is 106 Å². The van der Waals surface area contributed by atoms with Crippen LogP contribution in [0, 0.1) is 0 Å². The van der Waals surface area contributed by atoms with Gasteiger partial charge in [-0.15, -0.1) is 5.10 Å². The number of nitrogens with zero attached hydrogens (tertiary/aromatic N) is 3. The van der Waals surface area contributed by atoms with Crippen LogP contribution in [0.2, 0.25) is 0 Å². The molecule has 1 fully saturated rings. The van der Waals surface area contributed by atoms with Gasteiger partial charge in [0.2, 0.25) is 5.75 Å². The fourth-order valence-corrected chi connectivity index (χ4v) is 4.67. The van der Waals surface area contributed by atoms with Crippen LogP contribution in [0.15, 0.2) is 42.5 Å². The quantitative estimate of drug-likeness (QED) is 0.244. The van der Waals surface area contributed by atoms with Crippen LogP contribution >= 0.6 is 0 Å². The summed E-state index contributed by atoms with van der Waals surface area (Å²) < 4.78 is 34.9. The Morgan fingerprint density at radius 3 is 2.38 bits per heavy atom. The van der Waals surface area contributed by atoms with E-state index in [0.717, 1.165) is 23.4 Å². The molecule has 1 aliphatic carbocycles. The van der Waals surface area contributed by atoms with E-state index in [2.05, 4.69) is 10.3 Å². The Morgan fingerprint density at radius 1 is 1.08 bits per heavy atom. The molecule has 1 aliphatic heterocycles. The van der Waals surface area contributed by atoms with E-state index in [1.165, 1.54) is 27.4 Å². The summed E-state index contributed by atoms with van der Waals surface area (Å²) in [6, 6.07) is 11.3. The average Bonchev–Trinajstić information content (AvgIpc) is 3.57. The Morgan fingerprint density at radius 2 is 1.78 bits per heavy atom. The average molecular weight is 508 g/mol. The fraction of sp³-hybridized carbons (Fsp3) is 0.370. The van der Waals surface area contributed by atoms with Crippen molar-refractivity contribution in [1.29, 1.82) is 0 Å². The number of hydrogen-bond acceptors (Lipinski definition) is 9. The number of fused-ring (bicyclic) bond motifs is 2. The standard InChI is InChI=1S/C27H29N3O7/c1-32-19-8-5-17(6-9-19)15-30-26-24(28-29-30)20(11-12-27(26)16-36-27)37-23(31)10-7-18-13-21(33-2)25(35-4)22(14-18)34-3/h5-10,13-14,20H,11-12,15-16H2,1-4H3/b10-7+/t20-,27-/m1/s1. The van der Waals surface area contributed by atoms with Gasteiger partial charge in [0.15, 0.2) is 11.5 Å². The van der Waals surface area contributed by atoms with Crippen LogP contribution < -0.4 is 18.9 Å². The number of carbonyl (C=O) groups is 1. The summed E-state index contributed by atoms with van der Waals surface area (Å²) >= 11 is 0. The second-order valence-electron chi connectivity index (χ2n) is 8.87. The predicted molar refractivity (Wildman–Crippen MR) is 133 cm³/mol. The van der Waals surface area contributed by atoms with Crippen molar-refractivity contribution in [2.75, 3.05) is 35.0 Å². The van der Waals surface area contributed by atoms with Crippen molar-refractivity contribution in [2.45, 2.75) is 31.1 Å². The molecule has 3 aromatic rings. The summed E-state index contributed by atoms with van der Waals surface area (Å²) in [7, 11) is 6.25. The zero-order valence-electron chi connectivity index (χ0n) is 21.2. The van der Waals surface area contributed by atoms with Crippen molar-refractivity contribution < 1.29 is 33.2 Å². The molecule has 37 heavy (non-hydrogen) atoms. The molecule has 0 radical (unpaired) electrons. The lowest BCUT2D eigenvalue weighted by molar-refractivity contribution is -0.144. The van der Waals surface area contributed by atoms with Crippen LogP contribution in [0.4, 0.5) is 0 Å². The molecule has 194 valence electrons. The molecular formula is C27H29N3O7. The van der Waals surface area contributed by atoms with E-state index in [4.69, 9.17) is 28.4 Å². The normalized spacial score (nSPS) is 19.9. The number of hydrogen-bond donors (Lipinski definition) is 0. The molecule has 1 saturated heterocycles. The molecule has 5 rings (SSSR count). The molecule has 0 bridgehead atoms. The van der Waals surface area contributed by atoms with Gasteiger partial charge in [0.25, 0.3) is 0 Å². The van der Waals surface area contributed by atoms with Gasteiger partial charge in [-0.05, 0) is 54.3 Å². The van der Waals surface area contributed by atoms with Gasteiger partial charge in [0.1, 0.15) is 28.8 Å². The first-order valence-electron chi connectivity index (χ1n) is 11.9. The fourth-order valence-electron chi connectivity index (χ4n) is 4.67. The number of aromatic nitrogens is 3. The summed E-state index contributed by atoms with van der Waals surface area (Å²) in [5.41, 5.74) is 2.87. The zero-order chi connectivity index (χ0) is 26.0. The first-order valence-corrected chi connectivity index (χ1v) is 11.9. The van der Waals surface area contributed by atoms with Crippen LogP contribution in [0.25, 0.3) is 6.08 Å². The molecule has 2 aromatic carbocycles. The Balaban J connectivity index is 1.33. The Labute approximate surface area is 214 Å². The molecular weight excluding hydrogens is 478 g/mol. The number of carbonyl (C=O) groups excluding carboxylic acids is 1. The van der Waals surface area contributed by atoms with Crippen molar-refractivity contribution in [3.05, 3.63) is 65.0 Å².